The average Bonchev–Trinajstić information content (AvgIpc) is 3.27. The first-order valence-electron chi connectivity index (χ1n) is 7.72. The molecule has 120 valence electrons. The van der Waals surface area contributed by atoms with Gasteiger partial charge in [-0.05, 0) is 18.4 Å². The van der Waals surface area contributed by atoms with Crippen LogP contribution in [0.5, 0.6) is 0 Å². The molecule has 2 N–H and O–H groups in total. The number of carbonyl (C=O) groups excluding carboxylic acids is 2. The van der Waals surface area contributed by atoms with E-state index in [2.05, 4.69) is 4.98 Å². The first kappa shape index (κ1) is 14.0. The number of rotatable bonds is 4. The lowest BCUT2D eigenvalue weighted by molar-refractivity contribution is 0.0727. The summed E-state index contributed by atoms with van der Waals surface area (Å²) in [7, 11) is 0. The molecular formula is C16H17N3O4. The summed E-state index contributed by atoms with van der Waals surface area (Å²) in [5, 5.41) is 0. The normalized spacial score (nSPS) is 25.4. The second-order valence-corrected chi connectivity index (χ2v) is 6.09. The SMILES string of the molecule is CCc1occc1C(=O)N1CC2CC1C2c1ocnc1C(N)=O. The summed E-state index contributed by atoms with van der Waals surface area (Å²) >= 11 is 0. The highest BCUT2D eigenvalue weighted by Crippen LogP contribution is 2.53. The summed E-state index contributed by atoms with van der Waals surface area (Å²) in [5.41, 5.74) is 6.14. The first-order valence-corrected chi connectivity index (χ1v) is 7.72. The number of primary amides is 1. The fourth-order valence-corrected chi connectivity index (χ4v) is 3.88. The van der Waals surface area contributed by atoms with Gasteiger partial charge in [-0.25, -0.2) is 4.98 Å². The van der Waals surface area contributed by atoms with Crippen LogP contribution in [0.1, 0.15) is 51.6 Å². The van der Waals surface area contributed by atoms with Crippen molar-refractivity contribution in [1.82, 2.24) is 9.88 Å². The van der Waals surface area contributed by atoms with E-state index in [1.54, 1.807) is 12.3 Å². The average molecular weight is 315 g/mol. The third-order valence-electron chi connectivity index (χ3n) is 4.99. The van der Waals surface area contributed by atoms with Crippen molar-refractivity contribution in [2.24, 2.45) is 11.7 Å². The van der Waals surface area contributed by atoms with E-state index < -0.39 is 5.91 Å². The molecule has 1 aliphatic carbocycles. The van der Waals surface area contributed by atoms with Crippen LogP contribution in [0.3, 0.4) is 0 Å². The van der Waals surface area contributed by atoms with Crippen molar-refractivity contribution in [3.8, 4) is 0 Å². The molecule has 2 aromatic heterocycles. The Balaban J connectivity index is 1.60. The Hall–Kier alpha value is -2.57. The van der Waals surface area contributed by atoms with Gasteiger partial charge in [0.15, 0.2) is 12.1 Å². The van der Waals surface area contributed by atoms with Gasteiger partial charge in [-0.1, -0.05) is 6.92 Å². The monoisotopic (exact) mass is 315 g/mol. The zero-order valence-corrected chi connectivity index (χ0v) is 12.7. The largest absolute Gasteiger partial charge is 0.469 e. The Kier molecular flexibility index (Phi) is 3.04. The lowest BCUT2D eigenvalue weighted by Gasteiger charge is -2.35. The number of nitrogens with zero attached hydrogens (tertiary/aromatic N) is 2. The Morgan fingerprint density at radius 2 is 2.26 bits per heavy atom. The molecule has 4 heterocycles. The molecule has 0 aromatic carbocycles. The van der Waals surface area contributed by atoms with Gasteiger partial charge in [0.2, 0.25) is 0 Å². The predicted molar refractivity (Wildman–Crippen MR) is 78.8 cm³/mol. The highest BCUT2D eigenvalue weighted by atomic mass is 16.3. The van der Waals surface area contributed by atoms with Crippen molar-refractivity contribution in [3.05, 3.63) is 41.5 Å². The molecule has 7 heteroatoms. The summed E-state index contributed by atoms with van der Waals surface area (Å²) in [4.78, 5) is 30.0. The van der Waals surface area contributed by atoms with E-state index in [0.29, 0.717) is 30.0 Å². The smallest absolute Gasteiger partial charge is 0.270 e. The molecule has 5 rings (SSSR count). The first-order chi connectivity index (χ1) is 11.1. The molecule has 23 heavy (non-hydrogen) atoms. The van der Waals surface area contributed by atoms with Gasteiger partial charge in [0.1, 0.15) is 11.5 Å². The van der Waals surface area contributed by atoms with E-state index in [4.69, 9.17) is 14.6 Å². The number of aromatic nitrogens is 1. The van der Waals surface area contributed by atoms with Crippen LogP contribution in [-0.2, 0) is 6.42 Å². The van der Waals surface area contributed by atoms with Crippen LogP contribution in [0.4, 0.5) is 0 Å². The molecule has 2 aromatic rings. The number of carbonyl (C=O) groups is 2. The number of hydrogen-bond acceptors (Lipinski definition) is 5. The fourth-order valence-electron chi connectivity index (χ4n) is 3.88. The van der Waals surface area contributed by atoms with E-state index in [-0.39, 0.29) is 29.5 Å². The summed E-state index contributed by atoms with van der Waals surface area (Å²) in [6, 6.07) is 1.74. The van der Waals surface area contributed by atoms with E-state index in [1.807, 2.05) is 11.8 Å². The van der Waals surface area contributed by atoms with Crippen LogP contribution in [0, 0.1) is 5.92 Å². The standard InChI is InChI=1S/C16H17N3O4/c1-2-11-9(3-4-22-11)16(21)19-6-8-5-10(19)12(8)14-13(15(17)20)18-7-23-14/h3-4,7-8,10,12H,2,5-6H2,1H3,(H2,17,20). The number of aryl methyl sites for hydroxylation is 1. The maximum atomic E-state index is 12.8. The maximum Gasteiger partial charge on any atom is 0.270 e. The van der Waals surface area contributed by atoms with Crippen molar-refractivity contribution in [3.63, 3.8) is 0 Å². The van der Waals surface area contributed by atoms with E-state index in [9.17, 15) is 9.59 Å². The zero-order chi connectivity index (χ0) is 16.1. The number of furan rings is 1. The van der Waals surface area contributed by atoms with Gasteiger partial charge in [0, 0.05) is 24.9 Å². The molecule has 3 atom stereocenters. The molecule has 2 aliphatic heterocycles. The summed E-state index contributed by atoms with van der Waals surface area (Å²) in [5.74, 6) is 0.879. The minimum atomic E-state index is -0.596. The summed E-state index contributed by atoms with van der Waals surface area (Å²) < 4.78 is 10.8. The second-order valence-electron chi connectivity index (χ2n) is 6.09. The molecule has 3 unspecified atom stereocenters. The van der Waals surface area contributed by atoms with Gasteiger partial charge >= 0.3 is 0 Å². The van der Waals surface area contributed by atoms with Gasteiger partial charge in [-0.3, -0.25) is 9.59 Å². The van der Waals surface area contributed by atoms with E-state index >= 15 is 0 Å². The van der Waals surface area contributed by atoms with Gasteiger partial charge in [0.25, 0.3) is 11.8 Å². The van der Waals surface area contributed by atoms with Crippen molar-refractivity contribution in [2.45, 2.75) is 31.7 Å². The van der Waals surface area contributed by atoms with Crippen LogP contribution in [0.2, 0.25) is 0 Å². The molecule has 0 spiro atoms. The number of fused-ring (bicyclic) bond motifs is 1. The molecule has 1 saturated carbocycles. The molecule has 3 fully saturated rings. The highest BCUT2D eigenvalue weighted by molar-refractivity contribution is 5.96. The minimum Gasteiger partial charge on any atom is -0.469 e. The van der Waals surface area contributed by atoms with Crippen LogP contribution < -0.4 is 5.73 Å². The quantitative estimate of drug-likeness (QED) is 0.922. The number of nitrogens with two attached hydrogens (primary N) is 1. The topological polar surface area (TPSA) is 103 Å². The zero-order valence-electron chi connectivity index (χ0n) is 12.7. The minimum absolute atomic E-state index is 0.000859. The number of hydrogen-bond donors (Lipinski definition) is 1. The van der Waals surface area contributed by atoms with Crippen LogP contribution in [0.15, 0.2) is 27.6 Å². The Morgan fingerprint density at radius 3 is 3.00 bits per heavy atom. The highest BCUT2D eigenvalue weighted by Gasteiger charge is 2.56. The third-order valence-corrected chi connectivity index (χ3v) is 4.99. The van der Waals surface area contributed by atoms with Crippen LogP contribution in [-0.4, -0.2) is 34.3 Å². The predicted octanol–water partition coefficient (Wildman–Crippen LogP) is 1.56. The molecule has 7 nitrogen and oxygen atoms in total. The van der Waals surface area contributed by atoms with Gasteiger partial charge in [0.05, 0.1) is 11.8 Å². The van der Waals surface area contributed by atoms with Gasteiger partial charge < -0.3 is 19.5 Å². The Morgan fingerprint density at radius 1 is 1.43 bits per heavy atom. The van der Waals surface area contributed by atoms with Crippen LogP contribution >= 0.6 is 0 Å². The lowest BCUT2D eigenvalue weighted by atomic mass is 9.72. The Bertz CT molecular complexity index is 778. The maximum absolute atomic E-state index is 12.8. The summed E-state index contributed by atoms with van der Waals surface area (Å²) in [6.07, 6.45) is 4.37. The second kappa shape index (κ2) is 4.97. The van der Waals surface area contributed by atoms with E-state index in [1.165, 1.54) is 6.39 Å². The summed E-state index contributed by atoms with van der Waals surface area (Å²) in [6.45, 7) is 2.61. The fraction of sp³-hybridized carbons (Fsp3) is 0.438. The van der Waals surface area contributed by atoms with Gasteiger partial charge in [-0.15, -0.1) is 0 Å². The van der Waals surface area contributed by atoms with Crippen molar-refractivity contribution < 1.29 is 18.4 Å². The molecule has 2 bridgehead atoms. The third kappa shape index (κ3) is 1.92. The molecule has 3 aliphatic rings. The van der Waals surface area contributed by atoms with Crippen molar-refractivity contribution in [1.29, 1.82) is 0 Å². The molecule has 2 saturated heterocycles. The Labute approximate surface area is 132 Å². The lowest BCUT2D eigenvalue weighted by Crippen LogP contribution is -2.40. The van der Waals surface area contributed by atoms with Crippen LogP contribution in [0.25, 0.3) is 0 Å². The van der Waals surface area contributed by atoms with Crippen molar-refractivity contribution in [2.75, 3.05) is 6.54 Å². The van der Waals surface area contributed by atoms with Gasteiger partial charge in [-0.2, -0.15) is 0 Å². The van der Waals surface area contributed by atoms with Crippen molar-refractivity contribution >= 4 is 11.8 Å². The number of amides is 2. The molecular weight excluding hydrogens is 298 g/mol. The molecule has 0 radical (unpaired) electrons. The number of oxazole rings is 1. The molecule has 2 amide bonds. The van der Waals surface area contributed by atoms with E-state index in [0.717, 1.165) is 6.42 Å².